The van der Waals surface area contributed by atoms with E-state index in [4.69, 9.17) is 14.2 Å². The zero-order valence-corrected chi connectivity index (χ0v) is 46.8. The molecule has 0 heterocycles. The maximum Gasteiger partial charge on any atom is 0.306 e. The van der Waals surface area contributed by atoms with Gasteiger partial charge in [0, 0.05) is 19.3 Å². The molecule has 73 heavy (non-hydrogen) atoms. The number of carbonyl (C=O) groups excluding carboxylic acids is 3. The lowest BCUT2D eigenvalue weighted by Crippen LogP contribution is -2.30. The second-order valence-electron chi connectivity index (χ2n) is 18.8. The summed E-state index contributed by atoms with van der Waals surface area (Å²) in [5.41, 5.74) is 0. The van der Waals surface area contributed by atoms with E-state index in [9.17, 15) is 14.4 Å². The molecule has 6 nitrogen and oxygen atoms in total. The van der Waals surface area contributed by atoms with Crippen molar-refractivity contribution in [3.05, 3.63) is 146 Å². The summed E-state index contributed by atoms with van der Waals surface area (Å²) in [6, 6.07) is 0. The van der Waals surface area contributed by atoms with Crippen LogP contribution < -0.4 is 0 Å². The van der Waals surface area contributed by atoms with Crippen molar-refractivity contribution in [1.29, 1.82) is 0 Å². The van der Waals surface area contributed by atoms with Crippen LogP contribution in [-0.2, 0) is 28.6 Å². The molecule has 0 aromatic rings. The molecular formula is C67H106O6. The van der Waals surface area contributed by atoms with E-state index in [1.807, 2.05) is 6.08 Å². The molecular weight excluding hydrogens is 901 g/mol. The van der Waals surface area contributed by atoms with Gasteiger partial charge in [0.2, 0.25) is 0 Å². The minimum atomic E-state index is -0.827. The molecule has 0 radical (unpaired) electrons. The fourth-order valence-electron chi connectivity index (χ4n) is 7.49. The molecule has 0 aliphatic heterocycles. The van der Waals surface area contributed by atoms with Gasteiger partial charge < -0.3 is 14.2 Å². The van der Waals surface area contributed by atoms with E-state index in [2.05, 4.69) is 161 Å². The van der Waals surface area contributed by atoms with Crippen molar-refractivity contribution in [3.8, 4) is 0 Å². The Morgan fingerprint density at radius 3 is 0.918 bits per heavy atom. The number of carbonyl (C=O) groups is 3. The molecule has 410 valence electrons. The third-order valence-electron chi connectivity index (χ3n) is 11.8. The fourth-order valence-corrected chi connectivity index (χ4v) is 7.49. The first-order chi connectivity index (χ1) is 36.0. The maximum atomic E-state index is 12.9. The van der Waals surface area contributed by atoms with Crippen molar-refractivity contribution in [1.82, 2.24) is 0 Å². The summed E-state index contributed by atoms with van der Waals surface area (Å²) in [4.78, 5) is 38.2. The lowest BCUT2D eigenvalue weighted by Gasteiger charge is -2.18. The van der Waals surface area contributed by atoms with E-state index in [1.165, 1.54) is 64.2 Å². The monoisotopic (exact) mass is 1010 g/mol. The van der Waals surface area contributed by atoms with Gasteiger partial charge in [0.1, 0.15) is 13.2 Å². The Balaban J connectivity index is 4.57. The van der Waals surface area contributed by atoms with Crippen molar-refractivity contribution >= 4 is 17.9 Å². The molecule has 0 fully saturated rings. The largest absolute Gasteiger partial charge is 0.462 e. The smallest absolute Gasteiger partial charge is 0.306 e. The summed E-state index contributed by atoms with van der Waals surface area (Å²) in [5, 5.41) is 0. The van der Waals surface area contributed by atoms with Crippen LogP contribution in [0.3, 0.4) is 0 Å². The van der Waals surface area contributed by atoms with E-state index in [0.29, 0.717) is 12.8 Å². The molecule has 0 spiro atoms. The highest BCUT2D eigenvalue weighted by molar-refractivity contribution is 5.71. The Bertz CT molecular complexity index is 1630. The van der Waals surface area contributed by atoms with Gasteiger partial charge in [-0.05, 0) is 128 Å². The van der Waals surface area contributed by atoms with Crippen LogP contribution >= 0.6 is 0 Å². The highest BCUT2D eigenvalue weighted by atomic mass is 16.6. The Kier molecular flexibility index (Phi) is 56.0. The Labute approximate surface area is 448 Å². The van der Waals surface area contributed by atoms with Gasteiger partial charge in [0.05, 0.1) is 0 Å². The average Bonchev–Trinajstić information content (AvgIpc) is 3.39. The third kappa shape index (κ3) is 58.1. The zero-order chi connectivity index (χ0) is 52.9. The Morgan fingerprint density at radius 1 is 0.288 bits per heavy atom. The second-order valence-corrected chi connectivity index (χ2v) is 18.8. The van der Waals surface area contributed by atoms with E-state index >= 15 is 0 Å². The lowest BCUT2D eigenvalue weighted by molar-refractivity contribution is -0.166. The molecule has 0 N–H and O–H groups in total. The summed E-state index contributed by atoms with van der Waals surface area (Å²) in [7, 11) is 0. The van der Waals surface area contributed by atoms with Gasteiger partial charge in [0.25, 0.3) is 0 Å². The molecule has 0 amide bonds. The summed E-state index contributed by atoms with van der Waals surface area (Å²) in [6.45, 7) is 6.30. The van der Waals surface area contributed by atoms with Crippen molar-refractivity contribution in [2.45, 2.75) is 245 Å². The van der Waals surface area contributed by atoms with Crippen molar-refractivity contribution in [3.63, 3.8) is 0 Å². The second kappa shape index (κ2) is 59.8. The summed E-state index contributed by atoms with van der Waals surface area (Å²) >= 11 is 0. The molecule has 0 aliphatic rings. The number of ether oxygens (including phenoxy) is 3. The number of hydrogen-bond acceptors (Lipinski definition) is 6. The SMILES string of the molecule is CC/C=C\C/C=C\C/C=C\C/C=C\C/C=C\C/C=C\CCC(=O)OCC(COC(=O)CCCCCCCCC/C=C\C/C=C\CCCCC)OC(=O)CCCCCCCC/C=C\C/C=C\C/C=C\C/C=C\CC. The first-order valence-corrected chi connectivity index (χ1v) is 29.3. The topological polar surface area (TPSA) is 78.9 Å². The first kappa shape index (κ1) is 68.3. The number of rotatable bonds is 51. The minimum Gasteiger partial charge on any atom is -0.462 e. The first-order valence-electron chi connectivity index (χ1n) is 29.3. The fraction of sp³-hybridized carbons (Fsp3) is 0.597. The van der Waals surface area contributed by atoms with Crippen LogP contribution in [0.1, 0.15) is 239 Å². The molecule has 0 aromatic heterocycles. The number of esters is 3. The number of unbranched alkanes of at least 4 members (excludes halogenated alkanes) is 16. The quantitative estimate of drug-likeness (QED) is 0.0261. The van der Waals surface area contributed by atoms with Gasteiger partial charge >= 0.3 is 17.9 Å². The van der Waals surface area contributed by atoms with Gasteiger partial charge in [-0.2, -0.15) is 0 Å². The van der Waals surface area contributed by atoms with Crippen LogP contribution in [0.5, 0.6) is 0 Å². The molecule has 1 atom stereocenters. The lowest BCUT2D eigenvalue weighted by atomic mass is 10.1. The molecule has 6 heteroatoms. The predicted octanol–water partition coefficient (Wildman–Crippen LogP) is 20.0. The minimum absolute atomic E-state index is 0.117. The highest BCUT2D eigenvalue weighted by Crippen LogP contribution is 2.13. The molecule has 0 aliphatic carbocycles. The van der Waals surface area contributed by atoms with Gasteiger partial charge in [-0.15, -0.1) is 0 Å². The Hall–Kier alpha value is -4.71. The van der Waals surface area contributed by atoms with Crippen LogP contribution in [0, 0.1) is 0 Å². The van der Waals surface area contributed by atoms with E-state index in [0.717, 1.165) is 128 Å². The number of hydrogen-bond donors (Lipinski definition) is 0. The molecule has 0 rings (SSSR count). The van der Waals surface area contributed by atoms with Crippen LogP contribution in [0.15, 0.2) is 146 Å². The summed E-state index contributed by atoms with van der Waals surface area (Å²) in [6.07, 6.45) is 85.6. The van der Waals surface area contributed by atoms with Gasteiger partial charge in [-0.1, -0.05) is 237 Å². The number of allylic oxidation sites excluding steroid dienone is 24. The normalized spacial score (nSPS) is 13.2. The van der Waals surface area contributed by atoms with Crippen molar-refractivity contribution < 1.29 is 28.6 Å². The molecule has 0 bridgehead atoms. The van der Waals surface area contributed by atoms with Gasteiger partial charge in [-0.25, -0.2) is 0 Å². The van der Waals surface area contributed by atoms with Crippen LogP contribution in [-0.4, -0.2) is 37.2 Å². The van der Waals surface area contributed by atoms with E-state index in [-0.39, 0.29) is 44.0 Å². The van der Waals surface area contributed by atoms with E-state index < -0.39 is 6.10 Å². The van der Waals surface area contributed by atoms with Gasteiger partial charge in [0.15, 0.2) is 6.10 Å². The van der Waals surface area contributed by atoms with E-state index in [1.54, 1.807) is 0 Å². The van der Waals surface area contributed by atoms with Gasteiger partial charge in [-0.3, -0.25) is 14.4 Å². The van der Waals surface area contributed by atoms with Crippen molar-refractivity contribution in [2.75, 3.05) is 13.2 Å². The zero-order valence-electron chi connectivity index (χ0n) is 46.8. The maximum absolute atomic E-state index is 12.9. The van der Waals surface area contributed by atoms with Crippen molar-refractivity contribution in [2.24, 2.45) is 0 Å². The van der Waals surface area contributed by atoms with Crippen LogP contribution in [0.2, 0.25) is 0 Å². The molecule has 0 saturated carbocycles. The molecule has 0 saturated heterocycles. The average molecular weight is 1010 g/mol. The molecule has 1 unspecified atom stereocenters. The summed E-state index contributed by atoms with van der Waals surface area (Å²) < 4.78 is 16.8. The van der Waals surface area contributed by atoms with Crippen LogP contribution in [0.4, 0.5) is 0 Å². The standard InChI is InChI=1S/C67H106O6/c1-4-7-10-13-16-19-22-25-28-31-33-36-39-42-45-48-51-54-57-60-66(69)72-63-64(62-71-65(68)59-56-53-50-47-44-41-38-35-30-27-24-21-18-15-12-9-6-3)73-67(70)61-58-55-52-49-46-43-40-37-34-32-29-26-23-20-17-14-11-8-5-2/h7-8,10-11,16-21,25-30,33-34,36-37,42,45,51,54,64H,4-6,9,12-15,22-24,31-32,35,38-41,43-44,46-50,52-53,55-63H2,1-3H3/b10-7-,11-8-,19-16-,20-17-,21-18-,28-25-,29-26-,30-27-,36-33-,37-34-,45-42-,54-51-. The summed E-state index contributed by atoms with van der Waals surface area (Å²) in [5.74, 6) is -1.03. The predicted molar refractivity (Wildman–Crippen MR) is 315 cm³/mol. The highest BCUT2D eigenvalue weighted by Gasteiger charge is 2.19. The third-order valence-corrected chi connectivity index (χ3v) is 11.8. The van der Waals surface area contributed by atoms with Crippen LogP contribution in [0.25, 0.3) is 0 Å². The Morgan fingerprint density at radius 2 is 0.562 bits per heavy atom. The molecule has 0 aromatic carbocycles.